The molecule has 0 aliphatic rings. The number of pyridine rings is 1. The molecule has 3 N–H and O–H groups in total. The maximum absolute atomic E-state index is 12.6. The van der Waals surface area contributed by atoms with Gasteiger partial charge in [-0.05, 0) is 54.5 Å². The molecule has 2 aromatic carbocycles. The van der Waals surface area contributed by atoms with Gasteiger partial charge in [-0.15, -0.1) is 0 Å². The van der Waals surface area contributed by atoms with Crippen LogP contribution in [0.15, 0.2) is 67.0 Å². The van der Waals surface area contributed by atoms with E-state index >= 15 is 0 Å². The van der Waals surface area contributed by atoms with Crippen LogP contribution in [0, 0.1) is 0 Å². The van der Waals surface area contributed by atoms with E-state index in [0.29, 0.717) is 22.8 Å². The first-order valence-corrected chi connectivity index (χ1v) is 13.3. The summed E-state index contributed by atoms with van der Waals surface area (Å²) in [7, 11) is -0.197. The van der Waals surface area contributed by atoms with Gasteiger partial charge in [0.1, 0.15) is 5.65 Å². The lowest BCUT2D eigenvalue weighted by Crippen LogP contribution is -2.24. The molecule has 0 aliphatic carbocycles. The van der Waals surface area contributed by atoms with E-state index < -0.39 is 10.0 Å². The highest BCUT2D eigenvalue weighted by molar-refractivity contribution is 7.92. The van der Waals surface area contributed by atoms with Crippen LogP contribution in [0.25, 0.3) is 28.2 Å². The summed E-state index contributed by atoms with van der Waals surface area (Å²) >= 11 is 0. The first-order chi connectivity index (χ1) is 17.7. The molecule has 0 saturated carbocycles. The molecule has 0 bridgehead atoms. The summed E-state index contributed by atoms with van der Waals surface area (Å²) in [5, 5.41) is 3.81. The van der Waals surface area contributed by atoms with Gasteiger partial charge in [0.2, 0.25) is 15.9 Å². The van der Waals surface area contributed by atoms with Crippen molar-refractivity contribution in [3.8, 4) is 22.6 Å². The molecule has 1 amide bonds. The van der Waals surface area contributed by atoms with E-state index in [2.05, 4.69) is 20.0 Å². The minimum Gasteiger partial charge on any atom is -0.493 e. The second-order valence-electron chi connectivity index (χ2n) is 8.49. The van der Waals surface area contributed by atoms with Crippen LogP contribution in [0.5, 0.6) is 11.5 Å². The molecule has 192 valence electrons. The van der Waals surface area contributed by atoms with Gasteiger partial charge >= 0.3 is 0 Å². The molecule has 4 rings (SSSR count). The highest BCUT2D eigenvalue weighted by Crippen LogP contribution is 2.30. The lowest BCUT2D eigenvalue weighted by atomic mass is 10.1. The first-order valence-electron chi connectivity index (χ1n) is 11.4. The van der Waals surface area contributed by atoms with Crippen molar-refractivity contribution in [3.05, 3.63) is 78.1 Å². The molecular weight excluding hydrogens is 492 g/mol. The number of fused-ring (bicyclic) bond motifs is 1. The minimum atomic E-state index is -3.34. The summed E-state index contributed by atoms with van der Waals surface area (Å²) in [5.74, 6) is 0.980. The van der Waals surface area contributed by atoms with Crippen molar-refractivity contribution in [2.75, 3.05) is 25.2 Å². The summed E-state index contributed by atoms with van der Waals surface area (Å²) < 4.78 is 35.9. The summed E-state index contributed by atoms with van der Waals surface area (Å²) in [6.07, 6.45) is 7.86. The number of nitrogens with one attached hydrogen (secondary N) is 3. The Morgan fingerprint density at radius 3 is 2.43 bits per heavy atom. The van der Waals surface area contributed by atoms with Gasteiger partial charge in [-0.2, -0.15) is 0 Å². The molecule has 0 radical (unpaired) electrons. The Kier molecular flexibility index (Phi) is 7.49. The fourth-order valence-corrected chi connectivity index (χ4v) is 4.46. The van der Waals surface area contributed by atoms with E-state index in [1.807, 2.05) is 37.3 Å². The number of rotatable bonds is 9. The van der Waals surface area contributed by atoms with Crippen molar-refractivity contribution in [2.24, 2.45) is 0 Å². The number of carbonyl (C=O) groups is 1. The molecule has 1 atom stereocenters. The topological polar surface area (TPSA) is 122 Å². The number of hydrogen-bond donors (Lipinski definition) is 3. The third-order valence-electron chi connectivity index (χ3n) is 5.77. The van der Waals surface area contributed by atoms with Crippen molar-refractivity contribution in [3.63, 3.8) is 0 Å². The predicted octanol–water partition coefficient (Wildman–Crippen LogP) is 4.51. The quantitative estimate of drug-likeness (QED) is 0.279. The second kappa shape index (κ2) is 10.8. The average Bonchev–Trinajstić information content (AvgIpc) is 3.28. The Labute approximate surface area is 215 Å². The summed E-state index contributed by atoms with van der Waals surface area (Å²) in [5.41, 5.74) is 4.62. The Morgan fingerprint density at radius 2 is 1.76 bits per heavy atom. The third-order valence-corrected chi connectivity index (χ3v) is 6.37. The smallest absolute Gasteiger partial charge is 0.244 e. The average molecular weight is 521 g/mol. The Bertz CT molecular complexity index is 1560. The molecule has 4 aromatic rings. The molecule has 0 unspecified atom stereocenters. The van der Waals surface area contributed by atoms with Crippen LogP contribution in [-0.2, 0) is 14.8 Å². The van der Waals surface area contributed by atoms with Gasteiger partial charge in [0.25, 0.3) is 0 Å². The molecule has 37 heavy (non-hydrogen) atoms. The van der Waals surface area contributed by atoms with Crippen molar-refractivity contribution < 1.29 is 22.7 Å². The zero-order valence-corrected chi connectivity index (χ0v) is 21.7. The summed E-state index contributed by atoms with van der Waals surface area (Å²) in [6.45, 7) is 1.89. The lowest BCUT2D eigenvalue weighted by Gasteiger charge is -2.15. The number of benzene rings is 2. The van der Waals surface area contributed by atoms with Crippen LogP contribution >= 0.6 is 0 Å². The van der Waals surface area contributed by atoms with Gasteiger partial charge in [0.15, 0.2) is 11.5 Å². The monoisotopic (exact) mass is 520 g/mol. The molecule has 2 aromatic heterocycles. The Balaban J connectivity index is 1.49. The lowest BCUT2D eigenvalue weighted by molar-refractivity contribution is -0.117. The molecular formula is C27H28N4O5S. The van der Waals surface area contributed by atoms with Crippen molar-refractivity contribution in [1.82, 2.24) is 15.3 Å². The number of ether oxygens (including phenoxy) is 2. The van der Waals surface area contributed by atoms with Gasteiger partial charge < -0.3 is 19.8 Å². The number of anilines is 1. The Morgan fingerprint density at radius 1 is 1.03 bits per heavy atom. The summed E-state index contributed by atoms with van der Waals surface area (Å²) in [4.78, 5) is 20.2. The molecule has 10 heteroatoms. The van der Waals surface area contributed by atoms with E-state index in [-0.39, 0.29) is 11.9 Å². The normalized spacial score (nSPS) is 12.4. The van der Waals surface area contributed by atoms with Crippen LogP contribution in [0.4, 0.5) is 5.69 Å². The maximum atomic E-state index is 12.6. The molecule has 0 saturated heterocycles. The highest BCUT2D eigenvalue weighted by atomic mass is 32.2. The van der Waals surface area contributed by atoms with E-state index in [4.69, 9.17) is 9.47 Å². The van der Waals surface area contributed by atoms with Gasteiger partial charge in [-0.3, -0.25) is 9.52 Å². The number of amides is 1. The van der Waals surface area contributed by atoms with E-state index in [1.54, 1.807) is 50.9 Å². The highest BCUT2D eigenvalue weighted by Gasteiger charge is 2.12. The number of H-pyrrole nitrogens is 1. The number of sulfonamides is 1. The molecule has 0 fully saturated rings. The van der Waals surface area contributed by atoms with Crippen LogP contribution in [0.1, 0.15) is 24.1 Å². The van der Waals surface area contributed by atoms with Crippen LogP contribution in [0.3, 0.4) is 0 Å². The van der Waals surface area contributed by atoms with Gasteiger partial charge in [-0.1, -0.05) is 18.2 Å². The van der Waals surface area contributed by atoms with E-state index in [0.717, 1.165) is 33.9 Å². The zero-order chi connectivity index (χ0) is 26.6. The summed E-state index contributed by atoms with van der Waals surface area (Å²) in [6, 6.07) is 14.3. The first kappa shape index (κ1) is 25.8. The van der Waals surface area contributed by atoms with Gasteiger partial charge in [-0.25, -0.2) is 13.4 Å². The van der Waals surface area contributed by atoms with E-state index in [1.165, 1.54) is 6.08 Å². The van der Waals surface area contributed by atoms with Crippen molar-refractivity contribution in [2.45, 2.75) is 13.0 Å². The largest absolute Gasteiger partial charge is 0.493 e. The predicted molar refractivity (Wildman–Crippen MR) is 145 cm³/mol. The number of carbonyl (C=O) groups excluding carboxylic acids is 1. The van der Waals surface area contributed by atoms with E-state index in [9.17, 15) is 13.2 Å². The minimum absolute atomic E-state index is 0.241. The van der Waals surface area contributed by atoms with Crippen LogP contribution in [-0.4, -0.2) is 44.8 Å². The fraction of sp³-hybridized carbons (Fsp3) is 0.185. The standard InChI is InChI=1S/C27H28N4O5S/c1-17(19-7-11-24(35-2)25(14-19)36-3)30-26(32)12-8-20-15-28-27-23(20)13-21(16-29-27)18-5-9-22(10-6-18)31-37(4,33)34/h5-17,31H,1-4H3,(H,28,29)(H,30,32)/b12-8+/t17-/m1/s1. The molecule has 2 heterocycles. The molecule has 9 nitrogen and oxygen atoms in total. The van der Waals surface area contributed by atoms with Crippen molar-refractivity contribution >= 4 is 38.7 Å². The van der Waals surface area contributed by atoms with Crippen LogP contribution < -0.4 is 19.5 Å². The number of nitrogens with zero attached hydrogens (tertiary/aromatic N) is 1. The number of aromatic amines is 1. The third kappa shape index (κ3) is 6.28. The SMILES string of the molecule is COc1ccc([C@@H](C)NC(=O)/C=C/c2c[nH]c3ncc(-c4ccc(NS(C)(=O)=O)cc4)cc23)cc1OC. The number of methoxy groups -OCH3 is 2. The molecule has 0 spiro atoms. The van der Waals surface area contributed by atoms with Crippen molar-refractivity contribution in [1.29, 1.82) is 0 Å². The second-order valence-corrected chi connectivity index (χ2v) is 10.2. The van der Waals surface area contributed by atoms with Gasteiger partial charge in [0, 0.05) is 40.7 Å². The Hall–Kier alpha value is -4.31. The number of hydrogen-bond acceptors (Lipinski definition) is 6. The fourth-order valence-electron chi connectivity index (χ4n) is 3.90. The molecule has 0 aliphatic heterocycles. The zero-order valence-electron chi connectivity index (χ0n) is 20.9. The number of aromatic nitrogens is 2. The maximum Gasteiger partial charge on any atom is 0.244 e. The van der Waals surface area contributed by atoms with Crippen LogP contribution in [0.2, 0.25) is 0 Å². The van der Waals surface area contributed by atoms with Gasteiger partial charge in [0.05, 0.1) is 26.5 Å².